The highest BCUT2D eigenvalue weighted by molar-refractivity contribution is 5.30. The molecular formula is C14H16O2. The number of hydrogen-bond donors (Lipinski definition) is 0. The first kappa shape index (κ1) is 10.8. The third-order valence-electron chi connectivity index (χ3n) is 2.66. The normalized spacial score (nSPS) is 23.8. The molecule has 2 rings (SSSR count). The number of hydrogen-bond acceptors (Lipinski definition) is 2. The summed E-state index contributed by atoms with van der Waals surface area (Å²) in [5, 5.41) is 0. The van der Waals surface area contributed by atoms with Gasteiger partial charge in [-0.2, -0.15) is 0 Å². The Morgan fingerprint density at radius 3 is 2.62 bits per heavy atom. The van der Waals surface area contributed by atoms with Crippen LogP contribution < -0.4 is 4.74 Å². The first-order valence-electron chi connectivity index (χ1n) is 5.41. The molecule has 0 aliphatic heterocycles. The smallest absolute Gasteiger partial charge is 0.180 e. The minimum Gasteiger partial charge on any atom is -0.497 e. The van der Waals surface area contributed by atoms with E-state index >= 15 is 0 Å². The van der Waals surface area contributed by atoms with Crippen molar-refractivity contribution in [2.75, 3.05) is 7.11 Å². The molecule has 0 radical (unpaired) electrons. The van der Waals surface area contributed by atoms with Gasteiger partial charge < -0.3 is 9.47 Å². The quantitative estimate of drug-likeness (QED) is 0.722. The molecule has 0 saturated carbocycles. The van der Waals surface area contributed by atoms with Gasteiger partial charge in [-0.25, -0.2) is 0 Å². The average molecular weight is 216 g/mol. The molecule has 16 heavy (non-hydrogen) atoms. The highest BCUT2D eigenvalue weighted by atomic mass is 16.5. The fourth-order valence-electron chi connectivity index (χ4n) is 1.86. The molecule has 0 bridgehead atoms. The molecule has 1 unspecified atom stereocenters. The molecular weight excluding hydrogens is 200 g/mol. The molecule has 0 amide bonds. The van der Waals surface area contributed by atoms with Crippen LogP contribution in [0.25, 0.3) is 0 Å². The van der Waals surface area contributed by atoms with Crippen molar-refractivity contribution < 1.29 is 9.47 Å². The van der Waals surface area contributed by atoms with Gasteiger partial charge in [0, 0.05) is 0 Å². The van der Waals surface area contributed by atoms with E-state index in [4.69, 9.17) is 9.47 Å². The summed E-state index contributed by atoms with van der Waals surface area (Å²) in [5.41, 5.74) is -0.492. The first-order valence-corrected chi connectivity index (χ1v) is 5.41. The SMILES string of the molecule is COC1=CCC=CC1(C)Oc1ccccc1. The van der Waals surface area contributed by atoms with Crippen LogP contribution in [0.5, 0.6) is 5.75 Å². The summed E-state index contributed by atoms with van der Waals surface area (Å²) in [5.74, 6) is 1.71. The molecule has 1 aromatic carbocycles. The third kappa shape index (κ3) is 2.11. The van der Waals surface area contributed by atoms with E-state index in [1.54, 1.807) is 7.11 Å². The van der Waals surface area contributed by atoms with Crippen molar-refractivity contribution in [2.24, 2.45) is 0 Å². The largest absolute Gasteiger partial charge is 0.497 e. The van der Waals surface area contributed by atoms with E-state index in [0.29, 0.717) is 0 Å². The second-order valence-electron chi connectivity index (χ2n) is 3.93. The molecule has 0 N–H and O–H groups in total. The van der Waals surface area contributed by atoms with E-state index in [2.05, 4.69) is 6.08 Å². The minimum atomic E-state index is -0.492. The Hall–Kier alpha value is -1.70. The zero-order valence-electron chi connectivity index (χ0n) is 9.64. The number of ether oxygens (including phenoxy) is 2. The Balaban J connectivity index is 2.22. The van der Waals surface area contributed by atoms with Crippen LogP contribution in [0.15, 0.2) is 54.3 Å². The van der Waals surface area contributed by atoms with Gasteiger partial charge in [-0.05, 0) is 37.6 Å². The highest BCUT2D eigenvalue weighted by Crippen LogP contribution is 2.29. The van der Waals surface area contributed by atoms with Crippen LogP contribution in [0.4, 0.5) is 0 Å². The van der Waals surface area contributed by atoms with Gasteiger partial charge in [0.25, 0.3) is 0 Å². The number of rotatable bonds is 3. The first-order chi connectivity index (χ1) is 7.74. The van der Waals surface area contributed by atoms with Gasteiger partial charge in [-0.3, -0.25) is 0 Å². The molecule has 0 fully saturated rings. The van der Waals surface area contributed by atoms with Crippen LogP contribution in [0.2, 0.25) is 0 Å². The van der Waals surface area contributed by atoms with Crippen LogP contribution in [0.1, 0.15) is 13.3 Å². The van der Waals surface area contributed by atoms with Crippen molar-refractivity contribution in [1.82, 2.24) is 0 Å². The van der Waals surface area contributed by atoms with E-state index in [1.165, 1.54) is 0 Å². The summed E-state index contributed by atoms with van der Waals surface area (Å²) in [7, 11) is 1.68. The Labute approximate surface area is 96.2 Å². The van der Waals surface area contributed by atoms with Gasteiger partial charge >= 0.3 is 0 Å². The van der Waals surface area contributed by atoms with Crippen LogP contribution in [-0.2, 0) is 4.74 Å². The van der Waals surface area contributed by atoms with Gasteiger partial charge in [0.15, 0.2) is 5.60 Å². The molecule has 0 heterocycles. The maximum absolute atomic E-state index is 5.97. The molecule has 0 spiro atoms. The molecule has 2 nitrogen and oxygen atoms in total. The molecule has 2 heteroatoms. The Morgan fingerprint density at radius 1 is 1.19 bits per heavy atom. The molecule has 84 valence electrons. The fourth-order valence-corrected chi connectivity index (χ4v) is 1.86. The molecule has 1 aliphatic carbocycles. The predicted molar refractivity (Wildman–Crippen MR) is 64.3 cm³/mol. The lowest BCUT2D eigenvalue weighted by atomic mass is 9.97. The maximum Gasteiger partial charge on any atom is 0.180 e. The van der Waals surface area contributed by atoms with Crippen molar-refractivity contribution in [2.45, 2.75) is 18.9 Å². The Kier molecular flexibility index (Phi) is 3.00. The van der Waals surface area contributed by atoms with Crippen molar-refractivity contribution in [1.29, 1.82) is 0 Å². The zero-order valence-corrected chi connectivity index (χ0v) is 9.64. The van der Waals surface area contributed by atoms with Crippen LogP contribution in [-0.4, -0.2) is 12.7 Å². The molecule has 1 aromatic rings. The number of allylic oxidation sites excluding steroid dienone is 2. The molecule has 0 saturated heterocycles. The minimum absolute atomic E-state index is 0.492. The summed E-state index contributed by atoms with van der Waals surface area (Å²) < 4.78 is 11.3. The molecule has 0 aromatic heterocycles. The summed E-state index contributed by atoms with van der Waals surface area (Å²) in [4.78, 5) is 0. The lowest BCUT2D eigenvalue weighted by molar-refractivity contribution is 0.0987. The Bertz CT molecular complexity index is 406. The van der Waals surface area contributed by atoms with E-state index < -0.39 is 5.60 Å². The molecule has 1 aliphatic rings. The van der Waals surface area contributed by atoms with Crippen molar-refractivity contribution in [3.8, 4) is 5.75 Å². The maximum atomic E-state index is 5.97. The summed E-state index contributed by atoms with van der Waals surface area (Å²) in [6.07, 6.45) is 7.07. The number of benzene rings is 1. The van der Waals surface area contributed by atoms with Crippen LogP contribution in [0.3, 0.4) is 0 Å². The summed E-state index contributed by atoms with van der Waals surface area (Å²) in [6.45, 7) is 2.00. The lowest BCUT2D eigenvalue weighted by Gasteiger charge is -2.31. The third-order valence-corrected chi connectivity index (χ3v) is 2.66. The fraction of sp³-hybridized carbons (Fsp3) is 0.286. The van der Waals surface area contributed by atoms with Gasteiger partial charge in [-0.1, -0.05) is 24.3 Å². The van der Waals surface area contributed by atoms with Gasteiger partial charge in [-0.15, -0.1) is 0 Å². The standard InChI is InChI=1S/C14H16O2/c1-14(11-7-6-10-13(14)15-2)16-12-8-4-3-5-9-12/h3-5,7-11H,6H2,1-2H3. The highest BCUT2D eigenvalue weighted by Gasteiger charge is 2.31. The average Bonchev–Trinajstić information content (AvgIpc) is 2.30. The van der Waals surface area contributed by atoms with Crippen LogP contribution in [0, 0.1) is 0 Å². The van der Waals surface area contributed by atoms with E-state index in [-0.39, 0.29) is 0 Å². The van der Waals surface area contributed by atoms with E-state index in [0.717, 1.165) is 17.9 Å². The topological polar surface area (TPSA) is 18.5 Å². The summed E-state index contributed by atoms with van der Waals surface area (Å²) in [6, 6.07) is 9.78. The number of para-hydroxylation sites is 1. The lowest BCUT2D eigenvalue weighted by Crippen LogP contribution is -2.34. The second kappa shape index (κ2) is 4.44. The van der Waals surface area contributed by atoms with Crippen molar-refractivity contribution in [3.05, 3.63) is 54.3 Å². The van der Waals surface area contributed by atoms with E-state index in [1.807, 2.05) is 49.4 Å². The van der Waals surface area contributed by atoms with Crippen LogP contribution >= 0.6 is 0 Å². The van der Waals surface area contributed by atoms with Gasteiger partial charge in [0.1, 0.15) is 11.5 Å². The second-order valence-corrected chi connectivity index (χ2v) is 3.93. The summed E-state index contributed by atoms with van der Waals surface area (Å²) >= 11 is 0. The van der Waals surface area contributed by atoms with Gasteiger partial charge in [0.2, 0.25) is 0 Å². The van der Waals surface area contributed by atoms with Crippen molar-refractivity contribution >= 4 is 0 Å². The number of methoxy groups -OCH3 is 1. The van der Waals surface area contributed by atoms with Gasteiger partial charge in [0.05, 0.1) is 7.11 Å². The van der Waals surface area contributed by atoms with E-state index in [9.17, 15) is 0 Å². The molecule has 1 atom stereocenters. The Morgan fingerprint density at radius 2 is 1.94 bits per heavy atom. The monoisotopic (exact) mass is 216 g/mol. The predicted octanol–water partition coefficient (Wildman–Crippen LogP) is 3.31. The zero-order chi connectivity index (χ0) is 11.4. The van der Waals surface area contributed by atoms with Crippen molar-refractivity contribution in [3.63, 3.8) is 0 Å².